The highest BCUT2D eigenvalue weighted by molar-refractivity contribution is 7.96. The molecule has 0 aromatic heterocycles. The molecule has 8 nitrogen and oxygen atoms in total. The van der Waals surface area contributed by atoms with Crippen molar-refractivity contribution in [3.05, 3.63) is 38.9 Å². The smallest absolute Gasteiger partial charge is 0.354 e. The Bertz CT molecular complexity index is 984. The number of nitrogens with two attached hydrogens (primary N) is 1. The SMILES string of the molecule is N=C/C(=C1\NCCO1)S(N)(=O)=NC(=O)Nc1c2c(c(F)c3c1CCC3)CCC2. The van der Waals surface area contributed by atoms with Crippen molar-refractivity contribution in [3.63, 3.8) is 0 Å². The fourth-order valence-corrected chi connectivity index (χ4v) is 5.11. The van der Waals surface area contributed by atoms with Crippen molar-refractivity contribution in [1.82, 2.24) is 5.32 Å². The standard InChI is InChI=1S/C18H22FN5O3S/c19-15-10-3-1-5-12(10)16(13-6-2-4-11(13)15)23-18(25)24-28(21,26)14(9-20)17-22-7-8-27-17/h9,20,22H,1-8H2,(H3,21,23,24,25,26)/b17-14-,20-9?. The van der Waals surface area contributed by atoms with E-state index in [0.717, 1.165) is 30.2 Å². The Morgan fingerprint density at radius 2 is 1.82 bits per heavy atom. The van der Waals surface area contributed by atoms with Crippen LogP contribution in [0.1, 0.15) is 35.1 Å². The highest BCUT2D eigenvalue weighted by Gasteiger charge is 2.30. The van der Waals surface area contributed by atoms with Crippen molar-refractivity contribution in [2.24, 2.45) is 9.50 Å². The molecule has 0 spiro atoms. The molecule has 1 aliphatic heterocycles. The topological polar surface area (TPSA) is 130 Å². The zero-order valence-corrected chi connectivity index (χ0v) is 16.1. The number of anilines is 1. The summed E-state index contributed by atoms with van der Waals surface area (Å²) in [5.74, 6) is -0.0412. The quantitative estimate of drug-likeness (QED) is 0.572. The normalized spacial score (nSPS) is 21.1. The van der Waals surface area contributed by atoms with E-state index in [1.807, 2.05) is 0 Å². The van der Waals surface area contributed by atoms with Crippen LogP contribution in [-0.4, -0.2) is 29.6 Å². The molecule has 0 bridgehead atoms. The lowest BCUT2D eigenvalue weighted by Gasteiger charge is -2.16. The van der Waals surface area contributed by atoms with E-state index < -0.39 is 15.9 Å². The number of carbonyl (C=O) groups is 1. The van der Waals surface area contributed by atoms with E-state index in [2.05, 4.69) is 15.0 Å². The van der Waals surface area contributed by atoms with Crippen molar-refractivity contribution >= 4 is 27.8 Å². The van der Waals surface area contributed by atoms with E-state index in [9.17, 15) is 13.4 Å². The lowest BCUT2D eigenvalue weighted by Crippen LogP contribution is -2.24. The number of hydrogen-bond acceptors (Lipinski definition) is 5. The van der Waals surface area contributed by atoms with Crippen molar-refractivity contribution in [2.45, 2.75) is 38.5 Å². The first-order valence-corrected chi connectivity index (χ1v) is 10.8. The number of benzene rings is 1. The fourth-order valence-electron chi connectivity index (χ4n) is 4.15. The van der Waals surface area contributed by atoms with Crippen LogP contribution in [0.5, 0.6) is 0 Å². The molecule has 1 aromatic carbocycles. The molecule has 1 fully saturated rings. The van der Waals surface area contributed by atoms with Crippen LogP contribution in [0, 0.1) is 11.2 Å². The van der Waals surface area contributed by atoms with Gasteiger partial charge in [0, 0.05) is 11.9 Å². The second kappa shape index (κ2) is 7.17. The summed E-state index contributed by atoms with van der Waals surface area (Å²) in [6, 6.07) is -0.875. The molecule has 1 heterocycles. The first kappa shape index (κ1) is 18.9. The van der Waals surface area contributed by atoms with Gasteiger partial charge in [0.25, 0.3) is 0 Å². The zero-order chi connectivity index (χ0) is 19.9. The van der Waals surface area contributed by atoms with Gasteiger partial charge in [0.2, 0.25) is 5.88 Å². The van der Waals surface area contributed by atoms with Gasteiger partial charge in [-0.3, -0.25) is 0 Å². The molecule has 1 unspecified atom stereocenters. The van der Waals surface area contributed by atoms with E-state index in [-0.39, 0.29) is 16.6 Å². The van der Waals surface area contributed by atoms with Gasteiger partial charge in [-0.15, -0.1) is 4.36 Å². The Morgan fingerprint density at radius 1 is 1.21 bits per heavy atom. The van der Waals surface area contributed by atoms with Crippen LogP contribution in [0.25, 0.3) is 0 Å². The Morgan fingerprint density at radius 3 is 2.36 bits per heavy atom. The van der Waals surface area contributed by atoms with Crippen LogP contribution in [0.3, 0.4) is 0 Å². The van der Waals surface area contributed by atoms with Crippen LogP contribution in [-0.2, 0) is 40.3 Å². The molecule has 10 heteroatoms. The second-order valence-corrected chi connectivity index (χ2v) is 8.77. The molecule has 4 rings (SSSR count). The lowest BCUT2D eigenvalue weighted by atomic mass is 9.98. The number of rotatable bonds is 3. The molecule has 0 radical (unpaired) electrons. The molecule has 150 valence electrons. The second-order valence-electron chi connectivity index (χ2n) is 7.01. The van der Waals surface area contributed by atoms with Crippen LogP contribution in [0.15, 0.2) is 15.2 Å². The molecule has 0 saturated carbocycles. The maximum absolute atomic E-state index is 14.7. The molecule has 28 heavy (non-hydrogen) atoms. The first-order chi connectivity index (χ1) is 13.4. The Kier molecular flexibility index (Phi) is 4.84. The summed E-state index contributed by atoms with van der Waals surface area (Å²) in [4.78, 5) is 12.4. The molecule has 2 aliphatic carbocycles. The molecule has 5 N–H and O–H groups in total. The molecule has 1 aromatic rings. The van der Waals surface area contributed by atoms with Crippen molar-refractivity contribution in [3.8, 4) is 0 Å². The van der Waals surface area contributed by atoms with Gasteiger partial charge in [0.05, 0.1) is 6.54 Å². The summed E-state index contributed by atoms with van der Waals surface area (Å²) in [7, 11) is -3.67. The van der Waals surface area contributed by atoms with Crippen molar-refractivity contribution in [1.29, 1.82) is 5.41 Å². The van der Waals surface area contributed by atoms with Gasteiger partial charge in [-0.25, -0.2) is 18.5 Å². The average Bonchev–Trinajstić information content (AvgIpc) is 3.38. The van der Waals surface area contributed by atoms with Gasteiger partial charge in [0.15, 0.2) is 9.92 Å². The minimum atomic E-state index is -3.67. The maximum atomic E-state index is 14.7. The molecular weight excluding hydrogens is 385 g/mol. The van der Waals surface area contributed by atoms with E-state index in [1.54, 1.807) is 0 Å². The number of nitrogens with one attached hydrogen (secondary N) is 3. The molecule has 3 aliphatic rings. The summed E-state index contributed by atoms with van der Waals surface area (Å²) < 4.78 is 36.4. The summed E-state index contributed by atoms with van der Waals surface area (Å²) >= 11 is 0. The van der Waals surface area contributed by atoms with Gasteiger partial charge in [0.1, 0.15) is 17.3 Å². The van der Waals surface area contributed by atoms with Gasteiger partial charge in [-0.1, -0.05) is 0 Å². The van der Waals surface area contributed by atoms with Crippen LogP contribution in [0.4, 0.5) is 14.9 Å². The summed E-state index contributed by atoms with van der Waals surface area (Å²) in [6.45, 7) is 0.838. The number of carbonyl (C=O) groups excluding carboxylic acids is 1. The number of amides is 2. The maximum Gasteiger partial charge on any atom is 0.354 e. The van der Waals surface area contributed by atoms with Crippen molar-refractivity contribution in [2.75, 3.05) is 18.5 Å². The van der Waals surface area contributed by atoms with E-state index in [4.69, 9.17) is 15.3 Å². The molecule has 1 atom stereocenters. The third-order valence-electron chi connectivity index (χ3n) is 5.32. The fraction of sp³-hybridized carbons (Fsp3) is 0.444. The lowest BCUT2D eigenvalue weighted by molar-refractivity contribution is 0.260. The largest absolute Gasteiger partial charge is 0.476 e. The van der Waals surface area contributed by atoms with Gasteiger partial charge >= 0.3 is 6.03 Å². The molecule has 2 amide bonds. The number of fused-ring (bicyclic) bond motifs is 2. The molecular formula is C18H22FN5O3S. The number of nitrogens with zero attached hydrogens (tertiary/aromatic N) is 1. The third-order valence-corrected chi connectivity index (χ3v) is 6.69. The van der Waals surface area contributed by atoms with Gasteiger partial charge in [-0.2, -0.15) is 0 Å². The van der Waals surface area contributed by atoms with E-state index in [1.165, 1.54) is 0 Å². The minimum absolute atomic E-state index is 0.0996. The summed E-state index contributed by atoms with van der Waals surface area (Å²) in [6.07, 6.45) is 5.09. The Hall–Kier alpha value is -2.46. The Labute approximate surface area is 162 Å². The Balaban J connectivity index is 1.70. The minimum Gasteiger partial charge on any atom is -0.476 e. The predicted octanol–water partition coefficient (Wildman–Crippen LogP) is 2.12. The number of hydrogen-bond donors (Lipinski definition) is 4. The van der Waals surface area contributed by atoms with Crippen molar-refractivity contribution < 1.29 is 18.1 Å². The van der Waals surface area contributed by atoms with E-state index >= 15 is 0 Å². The highest BCUT2D eigenvalue weighted by atomic mass is 32.2. The number of halogens is 1. The van der Waals surface area contributed by atoms with Crippen LogP contribution < -0.4 is 15.8 Å². The third kappa shape index (κ3) is 3.16. The number of allylic oxidation sites excluding steroid dienone is 1. The molecule has 1 saturated heterocycles. The highest BCUT2D eigenvalue weighted by Crippen LogP contribution is 2.41. The number of urea groups is 1. The summed E-state index contributed by atoms with van der Waals surface area (Å²) in [5.41, 5.74) is 3.52. The average molecular weight is 407 g/mol. The monoisotopic (exact) mass is 407 g/mol. The van der Waals surface area contributed by atoms with E-state index in [0.29, 0.717) is 55.6 Å². The van der Waals surface area contributed by atoms with Gasteiger partial charge in [-0.05, 0) is 60.8 Å². The first-order valence-electron chi connectivity index (χ1n) is 9.24. The van der Waals surface area contributed by atoms with Gasteiger partial charge < -0.3 is 20.8 Å². The zero-order valence-electron chi connectivity index (χ0n) is 15.3. The predicted molar refractivity (Wildman–Crippen MR) is 104 cm³/mol. The number of ether oxygens (including phenoxy) is 1. The summed E-state index contributed by atoms with van der Waals surface area (Å²) in [5, 5.41) is 18.8. The van der Waals surface area contributed by atoms with Crippen LogP contribution in [0.2, 0.25) is 0 Å². The van der Waals surface area contributed by atoms with Crippen LogP contribution >= 0.6 is 0 Å².